The van der Waals surface area contributed by atoms with Crippen LogP contribution in [0.3, 0.4) is 0 Å². The Morgan fingerprint density at radius 1 is 1.20 bits per heavy atom. The summed E-state index contributed by atoms with van der Waals surface area (Å²) in [5.41, 5.74) is -0.868. The lowest BCUT2D eigenvalue weighted by atomic mass is 10.3. The van der Waals surface area contributed by atoms with Gasteiger partial charge in [0.05, 0.1) is 5.56 Å². The van der Waals surface area contributed by atoms with Crippen molar-refractivity contribution in [2.24, 2.45) is 0 Å². The molecule has 109 valence electrons. The summed E-state index contributed by atoms with van der Waals surface area (Å²) in [6.45, 7) is 5.53. The zero-order chi connectivity index (χ0) is 14.8. The Balaban J connectivity index is 1.99. The van der Waals surface area contributed by atoms with E-state index in [0.717, 1.165) is 12.4 Å². The summed E-state index contributed by atoms with van der Waals surface area (Å²) in [6.07, 6.45) is -2.68. The first-order chi connectivity index (χ1) is 9.41. The van der Waals surface area contributed by atoms with Crippen molar-refractivity contribution in [3.05, 3.63) is 24.9 Å². The average Bonchev–Trinajstić information content (AvgIpc) is 2.46. The number of amides is 1. The van der Waals surface area contributed by atoms with Crippen LogP contribution in [0.1, 0.15) is 12.0 Å². The van der Waals surface area contributed by atoms with Crippen molar-refractivity contribution in [3.8, 4) is 0 Å². The highest BCUT2D eigenvalue weighted by molar-refractivity contribution is 5.76. The highest BCUT2D eigenvalue weighted by Gasteiger charge is 2.31. The minimum Gasteiger partial charge on any atom is -0.339 e. The molecule has 1 amide bonds. The van der Waals surface area contributed by atoms with E-state index >= 15 is 0 Å². The summed E-state index contributed by atoms with van der Waals surface area (Å²) < 4.78 is 37.2. The fraction of sp³-hybridized carbons (Fsp3) is 0.500. The number of halogens is 3. The van der Waals surface area contributed by atoms with E-state index in [4.69, 9.17) is 0 Å². The van der Waals surface area contributed by atoms with Crippen LogP contribution in [0.15, 0.2) is 12.4 Å². The van der Waals surface area contributed by atoms with Gasteiger partial charge in [-0.25, -0.2) is 9.97 Å². The quantitative estimate of drug-likeness (QED) is 0.824. The van der Waals surface area contributed by atoms with Crippen LogP contribution >= 0.6 is 0 Å². The topological polar surface area (TPSA) is 49.3 Å². The molecule has 1 aliphatic heterocycles. The average molecular weight is 287 g/mol. The molecule has 1 fully saturated rings. The van der Waals surface area contributed by atoms with E-state index in [1.807, 2.05) is 0 Å². The summed E-state index contributed by atoms with van der Waals surface area (Å²) in [6, 6.07) is 0. The number of carbonyl (C=O) groups excluding carboxylic acids is 1. The number of piperazine rings is 1. The molecule has 0 N–H and O–H groups in total. The van der Waals surface area contributed by atoms with Crippen molar-refractivity contribution < 1.29 is 18.0 Å². The number of anilines is 1. The summed E-state index contributed by atoms with van der Waals surface area (Å²) in [5.74, 6) is 0.220. The predicted octanol–water partition coefficient (Wildman–Crippen LogP) is 1.37. The van der Waals surface area contributed by atoms with Crippen LogP contribution in [-0.4, -0.2) is 47.0 Å². The Morgan fingerprint density at radius 3 is 2.20 bits per heavy atom. The van der Waals surface area contributed by atoms with Crippen LogP contribution in [0.5, 0.6) is 0 Å². The van der Waals surface area contributed by atoms with Gasteiger partial charge in [0, 0.05) is 45.0 Å². The van der Waals surface area contributed by atoms with Gasteiger partial charge in [0.2, 0.25) is 11.9 Å². The highest BCUT2D eigenvalue weighted by Crippen LogP contribution is 2.28. The molecule has 0 saturated carbocycles. The number of carbonyl (C=O) groups is 1. The first-order valence-corrected chi connectivity index (χ1v) is 6.13. The lowest BCUT2D eigenvalue weighted by molar-refractivity contribution is -0.138. The van der Waals surface area contributed by atoms with Crippen LogP contribution in [0.4, 0.5) is 19.1 Å². The Hall–Kier alpha value is -1.86. The third-order valence-corrected chi connectivity index (χ3v) is 3.09. The molecule has 0 unspecified atom stereocenters. The summed E-state index contributed by atoms with van der Waals surface area (Å²) in [5, 5.41) is 0. The van der Waals surface area contributed by atoms with Gasteiger partial charge in [-0.05, 0) is 6.92 Å². The summed E-state index contributed by atoms with van der Waals surface area (Å²) in [4.78, 5) is 22.4. The highest BCUT2D eigenvalue weighted by atomic mass is 19.4. The van der Waals surface area contributed by atoms with Crippen LogP contribution in [0, 0.1) is 6.92 Å². The number of rotatable bonds is 2. The monoisotopic (exact) mass is 287 g/mol. The third-order valence-electron chi connectivity index (χ3n) is 3.09. The zero-order valence-electron chi connectivity index (χ0n) is 10.7. The molecule has 1 saturated heterocycles. The SMILES string of the molecule is [CH2]CC(=O)N1CCN(c2ncc(C(F)(F)F)cn2)CC1. The maximum absolute atomic E-state index is 12.4. The van der Waals surface area contributed by atoms with Gasteiger partial charge < -0.3 is 9.80 Å². The molecule has 0 aliphatic carbocycles. The van der Waals surface area contributed by atoms with Crippen molar-refractivity contribution in [2.75, 3.05) is 31.1 Å². The van der Waals surface area contributed by atoms with E-state index in [2.05, 4.69) is 16.9 Å². The lowest BCUT2D eigenvalue weighted by Crippen LogP contribution is -2.49. The number of hydrogen-bond donors (Lipinski definition) is 0. The van der Waals surface area contributed by atoms with Gasteiger partial charge in [-0.1, -0.05) is 0 Å². The molecule has 2 rings (SSSR count). The van der Waals surface area contributed by atoms with Crippen molar-refractivity contribution in [2.45, 2.75) is 12.6 Å². The molecule has 1 radical (unpaired) electrons. The van der Waals surface area contributed by atoms with E-state index in [-0.39, 0.29) is 18.3 Å². The normalized spacial score (nSPS) is 16.4. The molecule has 8 heteroatoms. The van der Waals surface area contributed by atoms with E-state index < -0.39 is 11.7 Å². The summed E-state index contributed by atoms with van der Waals surface area (Å²) >= 11 is 0. The fourth-order valence-electron chi connectivity index (χ4n) is 1.94. The second-order valence-electron chi connectivity index (χ2n) is 4.39. The van der Waals surface area contributed by atoms with Gasteiger partial charge in [0.25, 0.3) is 0 Å². The third kappa shape index (κ3) is 3.17. The molecule has 1 aromatic heterocycles. The van der Waals surface area contributed by atoms with E-state index in [1.165, 1.54) is 0 Å². The number of aromatic nitrogens is 2. The Morgan fingerprint density at radius 2 is 1.75 bits per heavy atom. The molecule has 20 heavy (non-hydrogen) atoms. The van der Waals surface area contributed by atoms with Crippen LogP contribution in [0.25, 0.3) is 0 Å². The van der Waals surface area contributed by atoms with Gasteiger partial charge in [-0.3, -0.25) is 4.79 Å². The van der Waals surface area contributed by atoms with Gasteiger partial charge in [0.1, 0.15) is 0 Å². The Labute approximate surface area is 114 Å². The maximum Gasteiger partial charge on any atom is 0.419 e. The molecule has 2 heterocycles. The zero-order valence-corrected chi connectivity index (χ0v) is 10.7. The van der Waals surface area contributed by atoms with Gasteiger partial charge >= 0.3 is 6.18 Å². The first kappa shape index (κ1) is 14.5. The van der Waals surface area contributed by atoms with Crippen molar-refractivity contribution >= 4 is 11.9 Å². The molecule has 5 nitrogen and oxygen atoms in total. The Kier molecular flexibility index (Phi) is 4.10. The molecular formula is C12H14F3N4O. The first-order valence-electron chi connectivity index (χ1n) is 6.13. The van der Waals surface area contributed by atoms with Crippen molar-refractivity contribution in [1.82, 2.24) is 14.9 Å². The predicted molar refractivity (Wildman–Crippen MR) is 65.8 cm³/mol. The molecule has 0 spiro atoms. The van der Waals surface area contributed by atoms with Crippen LogP contribution in [-0.2, 0) is 11.0 Å². The van der Waals surface area contributed by atoms with E-state index in [0.29, 0.717) is 26.2 Å². The number of nitrogens with zero attached hydrogens (tertiary/aromatic N) is 4. The second kappa shape index (κ2) is 5.64. The molecular weight excluding hydrogens is 273 g/mol. The Bertz CT molecular complexity index is 467. The van der Waals surface area contributed by atoms with E-state index in [1.54, 1.807) is 9.80 Å². The second-order valence-corrected chi connectivity index (χ2v) is 4.39. The van der Waals surface area contributed by atoms with Crippen molar-refractivity contribution in [3.63, 3.8) is 0 Å². The molecule has 1 aliphatic rings. The number of hydrogen-bond acceptors (Lipinski definition) is 4. The number of alkyl halides is 3. The van der Waals surface area contributed by atoms with Crippen molar-refractivity contribution in [1.29, 1.82) is 0 Å². The molecule has 0 atom stereocenters. The molecule has 1 aromatic rings. The minimum absolute atomic E-state index is 0.0296. The fourth-order valence-corrected chi connectivity index (χ4v) is 1.94. The minimum atomic E-state index is -4.43. The van der Waals surface area contributed by atoms with E-state index in [9.17, 15) is 18.0 Å². The smallest absolute Gasteiger partial charge is 0.339 e. The van der Waals surface area contributed by atoms with Crippen LogP contribution < -0.4 is 4.90 Å². The van der Waals surface area contributed by atoms with Gasteiger partial charge in [-0.2, -0.15) is 13.2 Å². The standard InChI is InChI=1S/C12H14F3N4O/c1-2-10(20)18-3-5-19(6-4-18)11-16-7-9(8-17-11)12(13,14)15/h7-8H,1-6H2. The maximum atomic E-state index is 12.4. The summed E-state index contributed by atoms with van der Waals surface area (Å²) in [7, 11) is 0. The van der Waals surface area contributed by atoms with Gasteiger partial charge in [0.15, 0.2) is 0 Å². The lowest BCUT2D eigenvalue weighted by Gasteiger charge is -2.34. The largest absolute Gasteiger partial charge is 0.419 e. The van der Waals surface area contributed by atoms with Gasteiger partial charge in [-0.15, -0.1) is 0 Å². The molecule has 0 aromatic carbocycles. The molecule has 0 bridgehead atoms. The van der Waals surface area contributed by atoms with Crippen LogP contribution in [0.2, 0.25) is 0 Å².